The molecule has 1 aromatic carbocycles. The van der Waals surface area contributed by atoms with E-state index in [4.69, 9.17) is 16.0 Å². The monoisotopic (exact) mass is 322 g/mol. The number of hydrazone groups is 1. The van der Waals surface area contributed by atoms with E-state index in [1.165, 1.54) is 18.3 Å². The van der Waals surface area contributed by atoms with Gasteiger partial charge in [-0.1, -0.05) is 23.7 Å². The minimum atomic E-state index is -0.663. The molecule has 0 fully saturated rings. The highest BCUT2D eigenvalue weighted by Gasteiger charge is 2.10. The Balaban J connectivity index is 1.81. The van der Waals surface area contributed by atoms with Gasteiger partial charge in [-0.15, -0.1) is 0 Å². The van der Waals surface area contributed by atoms with Crippen molar-refractivity contribution >= 4 is 35.3 Å². The molecular formula is C13H11ClN4O4. The lowest BCUT2D eigenvalue weighted by molar-refractivity contribution is -0.402. The van der Waals surface area contributed by atoms with E-state index in [1.54, 1.807) is 24.3 Å². The number of benzene rings is 1. The van der Waals surface area contributed by atoms with Crippen molar-refractivity contribution in [3.05, 3.63) is 57.3 Å². The molecular weight excluding hydrogens is 312 g/mol. The van der Waals surface area contributed by atoms with Gasteiger partial charge in [0.1, 0.15) is 4.92 Å². The van der Waals surface area contributed by atoms with Crippen molar-refractivity contribution in [1.29, 1.82) is 0 Å². The van der Waals surface area contributed by atoms with E-state index in [9.17, 15) is 14.9 Å². The van der Waals surface area contributed by atoms with Crippen LogP contribution in [0.25, 0.3) is 0 Å². The van der Waals surface area contributed by atoms with Crippen LogP contribution in [-0.2, 0) is 4.79 Å². The Hall–Kier alpha value is -2.87. The number of nitro groups is 1. The number of nitrogens with zero attached hydrogens (tertiary/aromatic N) is 2. The average Bonchev–Trinajstić information content (AvgIpc) is 2.95. The van der Waals surface area contributed by atoms with E-state index in [2.05, 4.69) is 15.8 Å². The molecule has 0 bridgehead atoms. The SMILES string of the molecule is O=C(CNc1ccccc1Cl)N/N=C\c1ccc([N+](=O)[O-])o1. The maximum Gasteiger partial charge on any atom is 0.433 e. The zero-order valence-corrected chi connectivity index (χ0v) is 11.9. The summed E-state index contributed by atoms with van der Waals surface area (Å²) in [6, 6.07) is 9.57. The van der Waals surface area contributed by atoms with Gasteiger partial charge in [0, 0.05) is 0 Å². The number of hydrogen-bond donors (Lipinski definition) is 2. The predicted octanol–water partition coefficient (Wildman–Crippen LogP) is 2.40. The first-order valence-corrected chi connectivity index (χ1v) is 6.48. The molecule has 2 rings (SSSR count). The lowest BCUT2D eigenvalue weighted by Gasteiger charge is -2.06. The Labute approximate surface area is 129 Å². The van der Waals surface area contributed by atoms with Crippen LogP contribution in [0.3, 0.4) is 0 Å². The molecule has 0 aliphatic carbocycles. The van der Waals surface area contributed by atoms with Crippen LogP contribution in [0.4, 0.5) is 11.6 Å². The van der Waals surface area contributed by atoms with Gasteiger partial charge in [0.05, 0.1) is 29.5 Å². The molecule has 8 nitrogen and oxygen atoms in total. The Morgan fingerprint density at radius 3 is 2.82 bits per heavy atom. The lowest BCUT2D eigenvalue weighted by Crippen LogP contribution is -2.25. The first kappa shape index (κ1) is 15.5. The fourth-order valence-corrected chi connectivity index (χ4v) is 1.70. The van der Waals surface area contributed by atoms with E-state index < -0.39 is 16.7 Å². The standard InChI is InChI=1S/C13H11ClN4O4/c14-10-3-1-2-4-11(10)15-8-12(19)17-16-7-9-5-6-13(22-9)18(20)21/h1-7,15H,8H2,(H,17,19)/b16-7-. The molecule has 1 heterocycles. The topological polar surface area (TPSA) is 110 Å². The molecule has 0 saturated carbocycles. The number of halogens is 1. The Morgan fingerprint density at radius 2 is 2.14 bits per heavy atom. The fourth-order valence-electron chi connectivity index (χ4n) is 1.50. The van der Waals surface area contributed by atoms with Gasteiger partial charge in [-0.2, -0.15) is 5.10 Å². The van der Waals surface area contributed by atoms with Gasteiger partial charge >= 0.3 is 5.88 Å². The highest BCUT2D eigenvalue weighted by molar-refractivity contribution is 6.33. The Bertz CT molecular complexity index is 714. The summed E-state index contributed by atoms with van der Waals surface area (Å²) in [6.45, 7) is -0.0284. The first-order valence-electron chi connectivity index (χ1n) is 6.11. The van der Waals surface area contributed by atoms with E-state index in [0.29, 0.717) is 10.7 Å². The zero-order chi connectivity index (χ0) is 15.9. The van der Waals surface area contributed by atoms with Crippen molar-refractivity contribution < 1.29 is 14.1 Å². The van der Waals surface area contributed by atoms with Gasteiger partial charge in [0.15, 0.2) is 5.76 Å². The molecule has 2 aromatic rings. The molecule has 0 aliphatic rings. The number of rotatable bonds is 6. The molecule has 9 heteroatoms. The smallest absolute Gasteiger partial charge is 0.400 e. The molecule has 0 aliphatic heterocycles. The van der Waals surface area contributed by atoms with Crippen LogP contribution in [0.5, 0.6) is 0 Å². The molecule has 1 amide bonds. The van der Waals surface area contributed by atoms with Gasteiger partial charge in [-0.3, -0.25) is 14.9 Å². The maximum absolute atomic E-state index is 11.6. The molecule has 0 unspecified atom stereocenters. The third-order valence-electron chi connectivity index (χ3n) is 2.49. The van der Waals surface area contributed by atoms with Crippen LogP contribution in [0, 0.1) is 10.1 Å². The number of hydrogen-bond acceptors (Lipinski definition) is 6. The third-order valence-corrected chi connectivity index (χ3v) is 2.82. The van der Waals surface area contributed by atoms with Crippen LogP contribution in [0.1, 0.15) is 5.76 Å². The average molecular weight is 323 g/mol. The van der Waals surface area contributed by atoms with E-state index in [0.717, 1.165) is 0 Å². The van der Waals surface area contributed by atoms with Gasteiger partial charge in [-0.05, 0) is 18.2 Å². The highest BCUT2D eigenvalue weighted by atomic mass is 35.5. The number of carbonyl (C=O) groups excluding carboxylic acids is 1. The van der Waals surface area contributed by atoms with Gasteiger partial charge < -0.3 is 9.73 Å². The van der Waals surface area contributed by atoms with Gasteiger partial charge in [0.2, 0.25) is 0 Å². The first-order chi connectivity index (χ1) is 10.6. The lowest BCUT2D eigenvalue weighted by atomic mass is 10.3. The van der Waals surface area contributed by atoms with Crippen molar-refractivity contribution in [2.45, 2.75) is 0 Å². The summed E-state index contributed by atoms with van der Waals surface area (Å²) in [5.74, 6) is -0.642. The Kier molecular flexibility index (Phi) is 5.10. The quantitative estimate of drug-likeness (QED) is 0.482. The molecule has 0 atom stereocenters. The molecule has 22 heavy (non-hydrogen) atoms. The van der Waals surface area contributed by atoms with Crippen molar-refractivity contribution in [1.82, 2.24) is 5.43 Å². The van der Waals surface area contributed by atoms with Crippen molar-refractivity contribution in [2.75, 3.05) is 11.9 Å². The van der Waals surface area contributed by atoms with Crippen LogP contribution in [0.2, 0.25) is 5.02 Å². The number of anilines is 1. The largest absolute Gasteiger partial charge is 0.433 e. The highest BCUT2D eigenvalue weighted by Crippen LogP contribution is 2.19. The molecule has 2 N–H and O–H groups in total. The minimum Gasteiger partial charge on any atom is -0.400 e. The summed E-state index contributed by atoms with van der Waals surface area (Å²) in [4.78, 5) is 21.3. The van der Waals surface area contributed by atoms with Crippen LogP contribution in [-0.4, -0.2) is 23.6 Å². The summed E-state index contributed by atoms with van der Waals surface area (Å²) in [7, 11) is 0. The molecule has 0 saturated heterocycles. The summed E-state index contributed by atoms with van der Waals surface area (Å²) in [5, 5.41) is 17.4. The van der Waals surface area contributed by atoms with E-state index >= 15 is 0 Å². The number of amides is 1. The summed E-state index contributed by atoms with van der Waals surface area (Å²) in [5.41, 5.74) is 2.88. The maximum atomic E-state index is 11.6. The third kappa shape index (κ3) is 4.32. The summed E-state index contributed by atoms with van der Waals surface area (Å²) >= 11 is 5.93. The van der Waals surface area contributed by atoms with Crippen molar-refractivity contribution in [3.63, 3.8) is 0 Å². The molecule has 114 valence electrons. The predicted molar refractivity (Wildman–Crippen MR) is 81.0 cm³/mol. The minimum absolute atomic E-state index is 0.0284. The van der Waals surface area contributed by atoms with Crippen molar-refractivity contribution in [2.24, 2.45) is 5.10 Å². The number of para-hydroxylation sites is 1. The fraction of sp³-hybridized carbons (Fsp3) is 0.0769. The second-order valence-corrected chi connectivity index (χ2v) is 4.47. The van der Waals surface area contributed by atoms with Crippen LogP contribution >= 0.6 is 11.6 Å². The van der Waals surface area contributed by atoms with Crippen molar-refractivity contribution in [3.8, 4) is 0 Å². The van der Waals surface area contributed by atoms with Crippen LogP contribution in [0.15, 0.2) is 45.9 Å². The number of nitrogens with one attached hydrogen (secondary N) is 2. The summed E-state index contributed by atoms with van der Waals surface area (Å²) < 4.78 is 4.84. The zero-order valence-electron chi connectivity index (χ0n) is 11.2. The summed E-state index contributed by atoms with van der Waals surface area (Å²) in [6.07, 6.45) is 1.17. The molecule has 1 aromatic heterocycles. The second kappa shape index (κ2) is 7.23. The van der Waals surface area contributed by atoms with Gasteiger partial charge in [-0.25, -0.2) is 5.43 Å². The second-order valence-electron chi connectivity index (χ2n) is 4.06. The Morgan fingerprint density at radius 1 is 1.36 bits per heavy atom. The normalized spacial score (nSPS) is 10.6. The van der Waals surface area contributed by atoms with Gasteiger partial charge in [0.25, 0.3) is 5.91 Å². The van der Waals surface area contributed by atoms with E-state index in [-0.39, 0.29) is 12.3 Å². The van der Waals surface area contributed by atoms with E-state index in [1.807, 2.05) is 0 Å². The number of furan rings is 1. The number of carbonyl (C=O) groups is 1. The van der Waals surface area contributed by atoms with Crippen LogP contribution < -0.4 is 10.7 Å². The molecule has 0 spiro atoms. The molecule has 0 radical (unpaired) electrons.